The van der Waals surface area contributed by atoms with Crippen molar-refractivity contribution in [3.8, 4) is 5.75 Å². The van der Waals surface area contributed by atoms with Crippen molar-refractivity contribution in [2.75, 3.05) is 12.4 Å². The average molecular weight is 335 g/mol. The molecule has 2 heterocycles. The zero-order valence-corrected chi connectivity index (χ0v) is 14.6. The van der Waals surface area contributed by atoms with E-state index in [1.807, 2.05) is 16.8 Å². The van der Waals surface area contributed by atoms with Gasteiger partial charge in [0.15, 0.2) is 0 Å². The zero-order chi connectivity index (χ0) is 17.4. The Morgan fingerprint density at radius 3 is 2.52 bits per heavy atom. The zero-order valence-electron chi connectivity index (χ0n) is 14.6. The fourth-order valence-corrected chi connectivity index (χ4v) is 3.34. The molecule has 1 aromatic heterocycles. The Morgan fingerprint density at radius 2 is 1.80 bits per heavy atom. The topological polar surface area (TPSA) is 64.9 Å². The lowest BCUT2D eigenvalue weighted by Crippen LogP contribution is -2.28. The maximum Gasteiger partial charge on any atom is 0.243 e. The number of hydrogen-bond acceptors (Lipinski definition) is 5. The summed E-state index contributed by atoms with van der Waals surface area (Å²) in [5, 5.41) is 15.6. The van der Waals surface area contributed by atoms with Crippen molar-refractivity contribution in [2.45, 2.75) is 32.4 Å². The van der Waals surface area contributed by atoms with E-state index in [1.165, 1.54) is 22.3 Å². The smallest absolute Gasteiger partial charge is 0.243 e. The second kappa shape index (κ2) is 6.20. The van der Waals surface area contributed by atoms with Crippen LogP contribution in [0.5, 0.6) is 5.75 Å². The molecule has 0 saturated carbocycles. The molecule has 0 unspecified atom stereocenters. The first-order valence-corrected chi connectivity index (χ1v) is 8.41. The fraction of sp³-hybridized carbons (Fsp3) is 0.316. The van der Waals surface area contributed by atoms with Gasteiger partial charge in [0.05, 0.1) is 19.2 Å². The number of fused-ring (bicyclic) bond motifs is 1. The molecule has 6 nitrogen and oxygen atoms in total. The van der Waals surface area contributed by atoms with Crippen LogP contribution in [0, 0.1) is 13.8 Å². The largest absolute Gasteiger partial charge is 0.497 e. The molecule has 2 atom stereocenters. The van der Waals surface area contributed by atoms with Gasteiger partial charge in [-0.3, -0.25) is 0 Å². The van der Waals surface area contributed by atoms with E-state index in [2.05, 4.69) is 65.0 Å². The molecule has 128 valence electrons. The lowest BCUT2D eigenvalue weighted by molar-refractivity contribution is 0.410. The van der Waals surface area contributed by atoms with E-state index in [-0.39, 0.29) is 12.1 Å². The van der Waals surface area contributed by atoms with Gasteiger partial charge in [-0.05, 0) is 65.1 Å². The summed E-state index contributed by atoms with van der Waals surface area (Å²) in [6, 6.07) is 15.0. The molecule has 0 fully saturated rings. The lowest BCUT2D eigenvalue weighted by atomic mass is 9.92. The lowest BCUT2D eigenvalue weighted by Gasteiger charge is -2.31. The van der Waals surface area contributed by atoms with Gasteiger partial charge in [-0.25, -0.2) is 4.68 Å². The van der Waals surface area contributed by atoms with Crippen LogP contribution >= 0.6 is 0 Å². The molecule has 0 bridgehead atoms. The summed E-state index contributed by atoms with van der Waals surface area (Å²) < 4.78 is 7.13. The minimum absolute atomic E-state index is 0.0868. The Balaban J connectivity index is 1.70. The molecule has 1 aliphatic heterocycles. The summed E-state index contributed by atoms with van der Waals surface area (Å²) in [6.07, 6.45) is 0.882. The van der Waals surface area contributed by atoms with E-state index in [0.29, 0.717) is 5.95 Å². The highest BCUT2D eigenvalue weighted by Gasteiger charge is 2.30. The number of anilines is 1. The number of nitrogens with one attached hydrogen (secondary N) is 1. The van der Waals surface area contributed by atoms with Crippen molar-refractivity contribution in [1.82, 2.24) is 20.2 Å². The maximum absolute atomic E-state index is 5.27. The van der Waals surface area contributed by atoms with Crippen molar-refractivity contribution in [3.63, 3.8) is 0 Å². The molecule has 1 N–H and O–H groups in total. The molecule has 0 radical (unpaired) electrons. The van der Waals surface area contributed by atoms with Gasteiger partial charge >= 0.3 is 0 Å². The van der Waals surface area contributed by atoms with Gasteiger partial charge in [0.25, 0.3) is 0 Å². The van der Waals surface area contributed by atoms with E-state index in [9.17, 15) is 0 Å². The van der Waals surface area contributed by atoms with E-state index in [4.69, 9.17) is 4.74 Å². The minimum atomic E-state index is 0.0868. The molecule has 0 amide bonds. The number of hydrogen-bond donors (Lipinski definition) is 1. The van der Waals surface area contributed by atoms with Gasteiger partial charge in [-0.15, -0.1) is 0 Å². The number of nitrogens with zero attached hydrogens (tertiary/aromatic N) is 4. The third-order valence-electron chi connectivity index (χ3n) is 4.98. The predicted octanol–water partition coefficient (Wildman–Crippen LogP) is 3.44. The van der Waals surface area contributed by atoms with Gasteiger partial charge in [-0.2, -0.15) is 0 Å². The van der Waals surface area contributed by atoms with Crippen LogP contribution < -0.4 is 10.1 Å². The van der Waals surface area contributed by atoms with Crippen LogP contribution in [0.3, 0.4) is 0 Å². The van der Waals surface area contributed by atoms with E-state index in [1.54, 1.807) is 7.11 Å². The predicted molar refractivity (Wildman–Crippen MR) is 95.8 cm³/mol. The summed E-state index contributed by atoms with van der Waals surface area (Å²) in [5.74, 6) is 1.55. The highest BCUT2D eigenvalue weighted by molar-refractivity contribution is 5.40. The summed E-state index contributed by atoms with van der Waals surface area (Å²) >= 11 is 0. The molecule has 3 aromatic rings. The first-order chi connectivity index (χ1) is 12.2. The quantitative estimate of drug-likeness (QED) is 0.794. The van der Waals surface area contributed by atoms with Gasteiger partial charge in [0.2, 0.25) is 5.95 Å². The number of tetrazole rings is 1. The van der Waals surface area contributed by atoms with Crippen LogP contribution in [0.4, 0.5) is 5.95 Å². The monoisotopic (exact) mass is 335 g/mol. The van der Waals surface area contributed by atoms with Crippen molar-refractivity contribution < 1.29 is 4.74 Å². The minimum Gasteiger partial charge on any atom is -0.497 e. The van der Waals surface area contributed by atoms with E-state index < -0.39 is 0 Å². The number of ether oxygens (including phenoxy) is 1. The van der Waals surface area contributed by atoms with Crippen LogP contribution in [0.25, 0.3) is 0 Å². The van der Waals surface area contributed by atoms with Crippen LogP contribution in [-0.2, 0) is 0 Å². The summed E-state index contributed by atoms with van der Waals surface area (Å²) in [6.45, 7) is 4.28. The number of rotatable bonds is 3. The molecule has 25 heavy (non-hydrogen) atoms. The Labute approximate surface area is 146 Å². The standard InChI is InChI=1S/C19H21N5O/c1-12-4-5-15(10-13(12)2)17-11-18(24-19(20-17)21-22-23-24)14-6-8-16(25-3)9-7-14/h4-10,17-18H,11H2,1-3H3,(H,20,21,23)/t17-,18+/m0/s1. The van der Waals surface area contributed by atoms with Gasteiger partial charge < -0.3 is 10.1 Å². The van der Waals surface area contributed by atoms with Crippen molar-refractivity contribution >= 4 is 5.95 Å². The van der Waals surface area contributed by atoms with Crippen LogP contribution in [0.2, 0.25) is 0 Å². The fourth-order valence-electron chi connectivity index (χ4n) is 3.34. The SMILES string of the molecule is COc1ccc([C@H]2C[C@@H](c3ccc(C)c(C)c3)Nc3nnnn32)cc1. The molecule has 0 saturated heterocycles. The summed E-state index contributed by atoms with van der Waals surface area (Å²) in [7, 11) is 1.68. The first-order valence-electron chi connectivity index (χ1n) is 8.41. The number of methoxy groups -OCH3 is 1. The highest BCUT2D eigenvalue weighted by atomic mass is 16.5. The maximum atomic E-state index is 5.27. The first kappa shape index (κ1) is 15.6. The molecule has 4 rings (SSSR count). The Kier molecular flexibility index (Phi) is 3.87. The van der Waals surface area contributed by atoms with Crippen molar-refractivity contribution in [3.05, 3.63) is 64.7 Å². The second-order valence-corrected chi connectivity index (χ2v) is 6.51. The van der Waals surface area contributed by atoms with Gasteiger partial charge in [-0.1, -0.05) is 35.4 Å². The number of benzene rings is 2. The molecule has 1 aliphatic rings. The van der Waals surface area contributed by atoms with Crippen molar-refractivity contribution in [2.24, 2.45) is 0 Å². The second-order valence-electron chi connectivity index (χ2n) is 6.51. The van der Waals surface area contributed by atoms with Gasteiger partial charge in [0, 0.05) is 0 Å². The third-order valence-corrected chi connectivity index (χ3v) is 4.98. The molecular weight excluding hydrogens is 314 g/mol. The summed E-state index contributed by atoms with van der Waals surface area (Å²) in [4.78, 5) is 0. The molecular formula is C19H21N5O. The van der Waals surface area contributed by atoms with Gasteiger partial charge in [0.1, 0.15) is 5.75 Å². The molecule has 2 aromatic carbocycles. The Hall–Kier alpha value is -2.89. The van der Waals surface area contributed by atoms with E-state index in [0.717, 1.165) is 12.2 Å². The molecule has 6 heteroatoms. The van der Waals surface area contributed by atoms with Crippen LogP contribution in [-0.4, -0.2) is 27.3 Å². The Bertz CT molecular complexity index is 887. The van der Waals surface area contributed by atoms with E-state index >= 15 is 0 Å². The normalized spacial score (nSPS) is 19.2. The highest BCUT2D eigenvalue weighted by Crippen LogP contribution is 2.37. The number of aryl methyl sites for hydroxylation is 2. The molecule has 0 aliphatic carbocycles. The Morgan fingerprint density at radius 1 is 1.04 bits per heavy atom. The molecule has 0 spiro atoms. The number of aromatic nitrogens is 4. The van der Waals surface area contributed by atoms with Crippen molar-refractivity contribution in [1.29, 1.82) is 0 Å². The van der Waals surface area contributed by atoms with Crippen LogP contribution in [0.1, 0.15) is 40.8 Å². The third kappa shape index (κ3) is 2.84. The summed E-state index contributed by atoms with van der Waals surface area (Å²) in [5.41, 5.74) is 5.03. The average Bonchev–Trinajstić information content (AvgIpc) is 3.12. The van der Waals surface area contributed by atoms with Crippen LogP contribution in [0.15, 0.2) is 42.5 Å².